The lowest BCUT2D eigenvalue weighted by Crippen LogP contribution is -2.48. The largest absolute Gasteiger partial charge is 0.455 e. The van der Waals surface area contributed by atoms with Gasteiger partial charge in [0.2, 0.25) is 0 Å². The molecule has 8 aliphatic carbocycles. The Morgan fingerprint density at radius 1 is 0.500 bits per heavy atom. The van der Waals surface area contributed by atoms with Crippen LogP contribution in [-0.4, -0.2) is 19.9 Å². The Labute approximate surface area is 349 Å². The lowest BCUT2D eigenvalue weighted by Gasteiger charge is -2.57. The van der Waals surface area contributed by atoms with Gasteiger partial charge in [-0.3, -0.25) is 0 Å². The molecule has 0 radical (unpaired) electrons. The van der Waals surface area contributed by atoms with Gasteiger partial charge in [-0.05, 0) is 159 Å². The fourth-order valence-corrected chi connectivity index (χ4v) is 14.8. The van der Waals surface area contributed by atoms with E-state index in [9.17, 15) is 0 Å². The molecule has 3 aromatic heterocycles. The van der Waals surface area contributed by atoms with Crippen molar-refractivity contribution < 1.29 is 8.83 Å². The zero-order valence-electron chi connectivity index (χ0n) is 33.9. The molecule has 296 valence electrons. The topological polar surface area (TPSA) is 77.8 Å². The van der Waals surface area contributed by atoms with Crippen molar-refractivity contribution in [3.05, 3.63) is 121 Å². The van der Waals surface area contributed by atoms with Crippen molar-refractivity contribution in [1.82, 2.24) is 19.9 Å². The van der Waals surface area contributed by atoms with E-state index in [1.807, 2.05) is 12.1 Å². The highest BCUT2D eigenvalue weighted by molar-refractivity contribution is 6.12. The number of benzene rings is 5. The first-order valence-corrected chi connectivity index (χ1v) is 22.8. The van der Waals surface area contributed by atoms with Crippen molar-refractivity contribution in [2.24, 2.45) is 41.4 Å². The van der Waals surface area contributed by atoms with E-state index in [1.165, 1.54) is 88.1 Å². The molecule has 16 rings (SSSR count). The maximum absolute atomic E-state index is 6.62. The Hall–Kier alpha value is -5.62. The van der Waals surface area contributed by atoms with Gasteiger partial charge in [0.05, 0.1) is 0 Å². The van der Waals surface area contributed by atoms with Gasteiger partial charge in [-0.2, -0.15) is 0 Å². The second kappa shape index (κ2) is 12.7. The Morgan fingerprint density at radius 2 is 1.07 bits per heavy atom. The Kier molecular flexibility index (Phi) is 7.23. The minimum Gasteiger partial charge on any atom is -0.455 e. The first-order valence-electron chi connectivity index (χ1n) is 22.8. The Balaban J connectivity index is 0.865. The molecule has 5 aromatic carbocycles. The summed E-state index contributed by atoms with van der Waals surface area (Å²) in [6.45, 7) is 0. The van der Waals surface area contributed by atoms with Crippen molar-refractivity contribution in [1.29, 1.82) is 0 Å². The average molecular weight is 785 g/mol. The molecule has 6 nitrogen and oxygen atoms in total. The third-order valence-corrected chi connectivity index (χ3v) is 16.6. The Bertz CT molecular complexity index is 2930. The highest BCUT2D eigenvalue weighted by Crippen LogP contribution is 2.61. The van der Waals surface area contributed by atoms with Crippen LogP contribution < -0.4 is 0 Å². The van der Waals surface area contributed by atoms with Gasteiger partial charge in [-0.25, -0.2) is 19.9 Å². The third kappa shape index (κ3) is 5.24. The van der Waals surface area contributed by atoms with Gasteiger partial charge in [0, 0.05) is 38.6 Å². The van der Waals surface area contributed by atoms with Gasteiger partial charge in [0.1, 0.15) is 16.7 Å². The number of nitrogens with zero attached hydrogens (tertiary/aromatic N) is 4. The van der Waals surface area contributed by atoms with Crippen LogP contribution in [-0.2, 0) is 5.41 Å². The monoisotopic (exact) mass is 784 g/mol. The maximum Gasteiger partial charge on any atom is 0.182 e. The SMILES string of the molecule is c1cc(-c2cccc3c2oc2ccc(-c4nc(-c5ccc(C6C7CC8CC(C7)CC6C8)cc5)nc(-c5ccc(C67CC8CC(CC(C8)C6)C7)cc5)n4)cc23)c2ocnc2c1. The van der Waals surface area contributed by atoms with Crippen molar-refractivity contribution >= 4 is 33.0 Å². The van der Waals surface area contributed by atoms with Crippen molar-refractivity contribution in [2.75, 3.05) is 0 Å². The molecule has 0 atom stereocenters. The minimum atomic E-state index is 0.353. The van der Waals surface area contributed by atoms with Crippen LogP contribution in [0.5, 0.6) is 0 Å². The summed E-state index contributed by atoms with van der Waals surface area (Å²) >= 11 is 0. The average Bonchev–Trinajstić information content (AvgIpc) is 3.91. The molecule has 0 spiro atoms. The molecule has 0 amide bonds. The summed E-state index contributed by atoms with van der Waals surface area (Å²) in [6.07, 6.45) is 17.2. The number of para-hydroxylation sites is 2. The van der Waals surface area contributed by atoms with Gasteiger partial charge in [-0.1, -0.05) is 78.9 Å². The van der Waals surface area contributed by atoms with Crippen molar-refractivity contribution in [2.45, 2.75) is 82.0 Å². The fourth-order valence-electron chi connectivity index (χ4n) is 14.8. The van der Waals surface area contributed by atoms with Crippen molar-refractivity contribution in [3.8, 4) is 45.3 Å². The van der Waals surface area contributed by atoms with E-state index in [4.69, 9.17) is 23.8 Å². The number of hydrogen-bond donors (Lipinski definition) is 0. The minimum absolute atomic E-state index is 0.353. The smallest absolute Gasteiger partial charge is 0.182 e. The summed E-state index contributed by atoms with van der Waals surface area (Å²) in [5.41, 5.74) is 11.6. The van der Waals surface area contributed by atoms with Crippen LogP contribution in [0.2, 0.25) is 0 Å². The fraction of sp³-hybridized carbons (Fsp3) is 0.370. The van der Waals surface area contributed by atoms with E-state index < -0.39 is 0 Å². The number of hydrogen-bond acceptors (Lipinski definition) is 6. The highest BCUT2D eigenvalue weighted by Gasteiger charge is 2.52. The van der Waals surface area contributed by atoms with Crippen LogP contribution in [0.1, 0.15) is 87.7 Å². The predicted molar refractivity (Wildman–Crippen MR) is 236 cm³/mol. The van der Waals surface area contributed by atoms with E-state index in [2.05, 4.69) is 96.0 Å². The highest BCUT2D eigenvalue weighted by atomic mass is 16.3. The lowest BCUT2D eigenvalue weighted by molar-refractivity contribution is -0.00518. The molecule has 6 heteroatoms. The Morgan fingerprint density at radius 3 is 1.73 bits per heavy atom. The number of fused-ring (bicyclic) bond motifs is 4. The van der Waals surface area contributed by atoms with Gasteiger partial charge in [-0.15, -0.1) is 0 Å². The van der Waals surface area contributed by atoms with Gasteiger partial charge in [0.25, 0.3) is 0 Å². The molecular weight excluding hydrogens is 737 g/mol. The molecule has 3 heterocycles. The van der Waals surface area contributed by atoms with Crippen LogP contribution in [0.3, 0.4) is 0 Å². The number of aromatic nitrogens is 4. The van der Waals surface area contributed by atoms with E-state index in [0.717, 1.165) is 114 Å². The molecule has 0 N–H and O–H groups in total. The summed E-state index contributed by atoms with van der Waals surface area (Å²) in [5, 5.41) is 2.06. The van der Waals surface area contributed by atoms with Crippen LogP contribution in [0.4, 0.5) is 0 Å². The predicted octanol–water partition coefficient (Wildman–Crippen LogP) is 13.6. The van der Waals surface area contributed by atoms with Gasteiger partial charge >= 0.3 is 0 Å². The summed E-state index contributed by atoms with van der Waals surface area (Å²) < 4.78 is 12.5. The molecule has 8 saturated carbocycles. The molecule has 0 saturated heterocycles. The van der Waals surface area contributed by atoms with E-state index in [-0.39, 0.29) is 0 Å². The van der Waals surface area contributed by atoms with Gasteiger partial charge < -0.3 is 8.83 Å². The number of furan rings is 1. The summed E-state index contributed by atoms with van der Waals surface area (Å²) in [7, 11) is 0. The van der Waals surface area contributed by atoms with E-state index in [0.29, 0.717) is 17.2 Å². The van der Waals surface area contributed by atoms with Crippen molar-refractivity contribution in [3.63, 3.8) is 0 Å². The molecule has 8 fully saturated rings. The molecule has 0 unspecified atom stereocenters. The summed E-state index contributed by atoms with van der Waals surface area (Å²) in [4.78, 5) is 20.2. The first kappa shape index (κ1) is 34.1. The van der Waals surface area contributed by atoms with Crippen LogP contribution in [0.25, 0.3) is 78.3 Å². The molecular formula is C54H48N4O2. The van der Waals surface area contributed by atoms with Crippen LogP contribution in [0, 0.1) is 41.4 Å². The van der Waals surface area contributed by atoms with E-state index >= 15 is 0 Å². The standard InChI is InChI=1S/C54H48N4O2/c1-3-42(43-5-2-6-46-50(43)59-29-55-46)49-44(4-1)45-25-38(13-16-47(45)60-49)53-57-51(36-9-7-35(8-10-36)48-39-21-30-17-31(23-39)24-40(48)22-30)56-52(58-53)37-11-14-41(15-12-37)54-26-32-18-33(27-54)20-34(19-32)28-54/h1-16,25,29-34,39-40,48H,17-24,26-28H2. The zero-order chi connectivity index (χ0) is 39.1. The molecule has 8 aromatic rings. The molecule has 0 aliphatic heterocycles. The van der Waals surface area contributed by atoms with Crippen LogP contribution in [0.15, 0.2) is 118 Å². The molecule has 8 aliphatic rings. The lowest BCUT2D eigenvalue weighted by atomic mass is 9.48. The summed E-state index contributed by atoms with van der Waals surface area (Å²) in [5.74, 6) is 9.20. The number of oxazole rings is 1. The second-order valence-electron chi connectivity index (χ2n) is 20.2. The van der Waals surface area contributed by atoms with Gasteiger partial charge in [0.15, 0.2) is 29.4 Å². The number of rotatable bonds is 6. The van der Waals surface area contributed by atoms with Crippen LogP contribution >= 0.6 is 0 Å². The first-order chi connectivity index (χ1) is 29.6. The second-order valence-corrected chi connectivity index (χ2v) is 20.2. The quantitative estimate of drug-likeness (QED) is 0.167. The normalized spacial score (nSPS) is 30.0. The zero-order valence-corrected chi connectivity index (χ0v) is 33.9. The molecule has 60 heavy (non-hydrogen) atoms. The van der Waals surface area contributed by atoms with E-state index in [1.54, 1.807) is 0 Å². The maximum atomic E-state index is 6.62. The summed E-state index contributed by atoms with van der Waals surface area (Å²) in [6, 6.07) is 37.5. The third-order valence-electron chi connectivity index (χ3n) is 16.6. The molecule has 8 bridgehead atoms.